The molecule has 0 bridgehead atoms. The van der Waals surface area contributed by atoms with Crippen LogP contribution in [-0.2, 0) is 6.42 Å². The van der Waals surface area contributed by atoms with Crippen LogP contribution < -0.4 is 0 Å². The molecule has 0 saturated heterocycles. The summed E-state index contributed by atoms with van der Waals surface area (Å²) in [6.45, 7) is 2.04. The van der Waals surface area contributed by atoms with Gasteiger partial charge in [-0.2, -0.15) is 0 Å². The van der Waals surface area contributed by atoms with E-state index in [0.717, 1.165) is 6.42 Å². The first-order chi connectivity index (χ1) is 7.77. The Bertz CT molecular complexity index is 541. The van der Waals surface area contributed by atoms with Crippen LogP contribution in [0.15, 0.2) is 42.5 Å². The minimum absolute atomic E-state index is 0.0873. The Labute approximate surface area is 101 Å². The van der Waals surface area contributed by atoms with Gasteiger partial charge in [-0.25, -0.2) is 0 Å². The molecule has 1 aliphatic carbocycles. The molecule has 1 aliphatic rings. The molecule has 0 aromatic heterocycles. The lowest BCUT2D eigenvalue weighted by molar-refractivity contribution is 1.04. The SMILES string of the molecule is CC(Cl)c1cccc2c1Cc1ccccc1-2. The van der Waals surface area contributed by atoms with Crippen molar-refractivity contribution in [2.45, 2.75) is 18.7 Å². The quantitative estimate of drug-likeness (QED) is 0.536. The first kappa shape index (κ1) is 9.92. The molecule has 0 spiro atoms. The predicted octanol–water partition coefficient (Wildman–Crippen LogP) is 4.56. The molecule has 3 rings (SSSR count). The fourth-order valence-corrected chi connectivity index (χ4v) is 2.76. The van der Waals surface area contributed by atoms with Gasteiger partial charge in [-0.15, -0.1) is 11.6 Å². The van der Waals surface area contributed by atoms with Gasteiger partial charge in [-0.1, -0.05) is 42.5 Å². The number of hydrogen-bond donors (Lipinski definition) is 0. The number of halogens is 1. The van der Waals surface area contributed by atoms with Crippen molar-refractivity contribution in [2.24, 2.45) is 0 Å². The second kappa shape index (κ2) is 3.64. The summed E-state index contributed by atoms with van der Waals surface area (Å²) in [7, 11) is 0. The van der Waals surface area contributed by atoms with Crippen molar-refractivity contribution in [3.05, 3.63) is 59.2 Å². The maximum Gasteiger partial charge on any atom is 0.0560 e. The molecule has 0 fully saturated rings. The van der Waals surface area contributed by atoms with Gasteiger partial charge in [-0.05, 0) is 41.2 Å². The molecule has 1 unspecified atom stereocenters. The van der Waals surface area contributed by atoms with Crippen molar-refractivity contribution in [3.8, 4) is 11.1 Å². The highest BCUT2D eigenvalue weighted by Gasteiger charge is 2.21. The predicted molar refractivity (Wildman–Crippen MR) is 69.0 cm³/mol. The summed E-state index contributed by atoms with van der Waals surface area (Å²) in [5.74, 6) is 0. The van der Waals surface area contributed by atoms with Gasteiger partial charge in [0.05, 0.1) is 5.38 Å². The van der Waals surface area contributed by atoms with E-state index in [1.165, 1.54) is 27.8 Å². The zero-order chi connectivity index (χ0) is 11.1. The van der Waals surface area contributed by atoms with E-state index in [1.807, 2.05) is 6.92 Å². The summed E-state index contributed by atoms with van der Waals surface area (Å²) in [6.07, 6.45) is 1.03. The number of fused-ring (bicyclic) bond motifs is 3. The summed E-state index contributed by atoms with van der Waals surface area (Å²) in [5, 5.41) is 0.0873. The van der Waals surface area contributed by atoms with Gasteiger partial charge in [0, 0.05) is 0 Å². The third-order valence-electron chi connectivity index (χ3n) is 3.32. The summed E-state index contributed by atoms with van der Waals surface area (Å²) in [6, 6.07) is 15.1. The van der Waals surface area contributed by atoms with Gasteiger partial charge in [0.1, 0.15) is 0 Å². The van der Waals surface area contributed by atoms with E-state index >= 15 is 0 Å². The molecule has 1 atom stereocenters. The average molecular weight is 229 g/mol. The van der Waals surface area contributed by atoms with Crippen molar-refractivity contribution < 1.29 is 0 Å². The van der Waals surface area contributed by atoms with Crippen molar-refractivity contribution in [2.75, 3.05) is 0 Å². The highest BCUT2D eigenvalue weighted by Crippen LogP contribution is 2.40. The van der Waals surface area contributed by atoms with E-state index in [-0.39, 0.29) is 5.38 Å². The van der Waals surface area contributed by atoms with Crippen LogP contribution >= 0.6 is 11.6 Å². The largest absolute Gasteiger partial charge is 0.118 e. The molecule has 0 saturated carbocycles. The smallest absolute Gasteiger partial charge is 0.0560 e. The van der Waals surface area contributed by atoms with Gasteiger partial charge in [0.15, 0.2) is 0 Å². The van der Waals surface area contributed by atoms with Crippen molar-refractivity contribution in [1.29, 1.82) is 0 Å². The lowest BCUT2D eigenvalue weighted by Gasteiger charge is -2.09. The van der Waals surface area contributed by atoms with Crippen molar-refractivity contribution in [3.63, 3.8) is 0 Å². The van der Waals surface area contributed by atoms with Crippen LogP contribution in [0.5, 0.6) is 0 Å². The Morgan fingerprint density at radius 2 is 1.75 bits per heavy atom. The first-order valence-corrected chi connectivity index (χ1v) is 6.05. The molecule has 0 amide bonds. The molecule has 0 aliphatic heterocycles. The van der Waals surface area contributed by atoms with Crippen LogP contribution in [0.25, 0.3) is 11.1 Å². The average Bonchev–Trinajstić information content (AvgIpc) is 2.67. The highest BCUT2D eigenvalue weighted by molar-refractivity contribution is 6.20. The number of hydrogen-bond acceptors (Lipinski definition) is 0. The Morgan fingerprint density at radius 1 is 1.00 bits per heavy atom. The molecule has 1 heteroatoms. The Balaban J connectivity index is 2.24. The molecular formula is C15H13Cl. The highest BCUT2D eigenvalue weighted by atomic mass is 35.5. The maximum atomic E-state index is 6.23. The van der Waals surface area contributed by atoms with E-state index in [4.69, 9.17) is 11.6 Å². The molecule has 16 heavy (non-hydrogen) atoms. The third kappa shape index (κ3) is 1.37. The molecule has 0 nitrogen and oxygen atoms in total. The summed E-state index contributed by atoms with van der Waals surface area (Å²) >= 11 is 6.23. The van der Waals surface area contributed by atoms with E-state index in [2.05, 4.69) is 42.5 Å². The minimum Gasteiger partial charge on any atom is -0.118 e. The van der Waals surface area contributed by atoms with Crippen LogP contribution in [0.3, 0.4) is 0 Å². The molecule has 2 aromatic rings. The third-order valence-corrected chi connectivity index (χ3v) is 3.55. The maximum absolute atomic E-state index is 6.23. The van der Waals surface area contributed by atoms with E-state index in [1.54, 1.807) is 0 Å². The van der Waals surface area contributed by atoms with Crippen LogP contribution in [-0.4, -0.2) is 0 Å². The zero-order valence-electron chi connectivity index (χ0n) is 9.20. The Hall–Kier alpha value is -1.27. The summed E-state index contributed by atoms with van der Waals surface area (Å²) < 4.78 is 0. The Kier molecular flexibility index (Phi) is 2.26. The second-order valence-corrected chi connectivity index (χ2v) is 4.98. The molecular weight excluding hydrogens is 216 g/mol. The van der Waals surface area contributed by atoms with Gasteiger partial charge in [-0.3, -0.25) is 0 Å². The monoisotopic (exact) mass is 228 g/mol. The fraction of sp³-hybridized carbons (Fsp3) is 0.200. The van der Waals surface area contributed by atoms with Gasteiger partial charge in [0.2, 0.25) is 0 Å². The Morgan fingerprint density at radius 3 is 2.56 bits per heavy atom. The van der Waals surface area contributed by atoms with Crippen LogP contribution in [0.4, 0.5) is 0 Å². The van der Waals surface area contributed by atoms with E-state index < -0.39 is 0 Å². The molecule has 0 N–H and O–H groups in total. The summed E-state index contributed by atoms with van der Waals surface area (Å²) in [4.78, 5) is 0. The van der Waals surface area contributed by atoms with Crippen LogP contribution in [0.1, 0.15) is 29.0 Å². The van der Waals surface area contributed by atoms with Crippen LogP contribution in [0.2, 0.25) is 0 Å². The van der Waals surface area contributed by atoms with Crippen molar-refractivity contribution in [1.82, 2.24) is 0 Å². The standard InChI is InChI=1S/C15H13Cl/c1-10(16)12-7-4-8-14-13-6-3-2-5-11(13)9-15(12)14/h2-8,10H,9H2,1H3. The molecule has 0 radical (unpaired) electrons. The van der Waals surface area contributed by atoms with E-state index in [0.29, 0.717) is 0 Å². The normalized spacial score (nSPS) is 14.4. The minimum atomic E-state index is 0.0873. The second-order valence-electron chi connectivity index (χ2n) is 4.32. The van der Waals surface area contributed by atoms with Crippen molar-refractivity contribution >= 4 is 11.6 Å². The topological polar surface area (TPSA) is 0 Å². The lowest BCUT2D eigenvalue weighted by atomic mass is 9.99. The summed E-state index contributed by atoms with van der Waals surface area (Å²) in [5.41, 5.74) is 6.83. The zero-order valence-corrected chi connectivity index (χ0v) is 9.96. The number of alkyl halides is 1. The molecule has 80 valence electrons. The first-order valence-electron chi connectivity index (χ1n) is 5.61. The number of rotatable bonds is 1. The van der Waals surface area contributed by atoms with Gasteiger partial charge in [0.25, 0.3) is 0 Å². The lowest BCUT2D eigenvalue weighted by Crippen LogP contribution is -1.92. The number of benzene rings is 2. The molecule has 2 aromatic carbocycles. The van der Waals surface area contributed by atoms with Gasteiger partial charge >= 0.3 is 0 Å². The van der Waals surface area contributed by atoms with E-state index in [9.17, 15) is 0 Å². The van der Waals surface area contributed by atoms with Crippen LogP contribution in [0, 0.1) is 0 Å². The fourth-order valence-electron chi connectivity index (χ4n) is 2.55. The molecule has 0 heterocycles. The van der Waals surface area contributed by atoms with Gasteiger partial charge < -0.3 is 0 Å².